The summed E-state index contributed by atoms with van der Waals surface area (Å²) in [5.74, 6) is 0.841. The Balaban J connectivity index is 0.000000375. The lowest BCUT2D eigenvalue weighted by molar-refractivity contribution is -0.0673. The molecule has 0 unspecified atom stereocenters. The van der Waals surface area contributed by atoms with Gasteiger partial charge in [0.1, 0.15) is 5.75 Å². The Bertz CT molecular complexity index is 665. The number of hydrogen-bond donors (Lipinski definition) is 1. The fourth-order valence-corrected chi connectivity index (χ4v) is 4.64. The Kier molecular flexibility index (Phi) is 10.5. The maximum Gasteiger partial charge on any atom is 0.260 e. The van der Waals surface area contributed by atoms with E-state index in [1.54, 1.807) is 12.1 Å². The van der Waals surface area contributed by atoms with Crippen molar-refractivity contribution < 1.29 is 19.0 Å². The van der Waals surface area contributed by atoms with Gasteiger partial charge >= 0.3 is 0 Å². The quantitative estimate of drug-likeness (QED) is 0.287. The van der Waals surface area contributed by atoms with E-state index in [0.29, 0.717) is 5.75 Å². The minimum Gasteiger partial charge on any atom is -0.436 e. The molecule has 1 aliphatic rings. The van der Waals surface area contributed by atoms with Crippen LogP contribution in [-0.4, -0.2) is 42.3 Å². The van der Waals surface area contributed by atoms with Crippen LogP contribution in [0.25, 0.3) is 0 Å². The van der Waals surface area contributed by atoms with Gasteiger partial charge in [0, 0.05) is 12.5 Å². The summed E-state index contributed by atoms with van der Waals surface area (Å²) >= 11 is 9.84. The van der Waals surface area contributed by atoms with E-state index in [9.17, 15) is 5.11 Å². The first kappa shape index (κ1) is 27.5. The van der Waals surface area contributed by atoms with Gasteiger partial charge < -0.3 is 19.0 Å². The molecule has 1 aromatic carbocycles. The number of rotatable bonds is 6. The van der Waals surface area contributed by atoms with Crippen molar-refractivity contribution in [2.75, 3.05) is 6.61 Å². The van der Waals surface area contributed by atoms with E-state index < -0.39 is 8.32 Å². The van der Waals surface area contributed by atoms with Crippen LogP contribution >= 0.6 is 23.8 Å². The molecule has 0 bridgehead atoms. The zero-order valence-corrected chi connectivity index (χ0v) is 22.3. The standard InChI is InChI=1S/C16H34O3Si.C7H5ClOS/c1-9-16(12(2)14(17)13(3)19-16)10-11-18-20(7,8)15(4,5)6;8-7(10)9-6-4-2-1-3-5-6/h12-14,17H,9-11H2,1-8H3;1-5H/t12-,13+,14-,16-;/m1./s1. The van der Waals surface area contributed by atoms with Crippen molar-refractivity contribution in [1.82, 2.24) is 0 Å². The third-order valence-corrected chi connectivity index (χ3v) is 11.3. The summed E-state index contributed by atoms with van der Waals surface area (Å²) in [6.45, 7) is 18.3. The monoisotopic (exact) mass is 474 g/mol. The molecule has 0 aliphatic carbocycles. The van der Waals surface area contributed by atoms with Crippen LogP contribution in [-0.2, 0) is 9.16 Å². The van der Waals surface area contributed by atoms with E-state index in [-0.39, 0.29) is 33.3 Å². The Morgan fingerprint density at radius 3 is 2.20 bits per heavy atom. The van der Waals surface area contributed by atoms with Gasteiger partial charge in [-0.1, -0.05) is 52.8 Å². The van der Waals surface area contributed by atoms with Gasteiger partial charge in [-0.3, -0.25) is 0 Å². The summed E-state index contributed by atoms with van der Waals surface area (Å²) in [4.78, 5) is 0. The van der Waals surface area contributed by atoms with Crippen LogP contribution < -0.4 is 4.74 Å². The van der Waals surface area contributed by atoms with Crippen LogP contribution in [0.5, 0.6) is 5.75 Å². The average Bonchev–Trinajstić information content (AvgIpc) is 2.86. The van der Waals surface area contributed by atoms with Crippen molar-refractivity contribution in [3.63, 3.8) is 0 Å². The number of thiocarbonyl (C=S) groups is 1. The number of aliphatic hydroxyl groups excluding tert-OH is 1. The molecule has 2 rings (SSSR count). The highest BCUT2D eigenvalue weighted by Crippen LogP contribution is 2.42. The first-order valence-corrected chi connectivity index (χ1v) is 14.4. The molecular weight excluding hydrogens is 436 g/mol. The molecule has 0 aromatic heterocycles. The molecule has 0 spiro atoms. The van der Waals surface area contributed by atoms with Crippen LogP contribution in [0.1, 0.15) is 54.4 Å². The molecule has 1 heterocycles. The lowest BCUT2D eigenvalue weighted by Gasteiger charge is -2.38. The molecule has 1 aliphatic heterocycles. The molecule has 4 atom stereocenters. The van der Waals surface area contributed by atoms with Crippen molar-refractivity contribution in [2.45, 2.75) is 90.3 Å². The molecule has 0 radical (unpaired) electrons. The van der Waals surface area contributed by atoms with E-state index in [1.165, 1.54) is 0 Å². The lowest BCUT2D eigenvalue weighted by atomic mass is 9.82. The summed E-state index contributed by atoms with van der Waals surface area (Å²) < 4.78 is 17.3. The van der Waals surface area contributed by atoms with Gasteiger partial charge in [-0.05, 0) is 73.8 Å². The topological polar surface area (TPSA) is 47.9 Å². The first-order valence-electron chi connectivity index (χ1n) is 10.7. The second-order valence-electron chi connectivity index (χ2n) is 9.53. The molecule has 1 saturated heterocycles. The van der Waals surface area contributed by atoms with Gasteiger partial charge in [-0.15, -0.1) is 0 Å². The third kappa shape index (κ3) is 7.57. The van der Waals surface area contributed by atoms with E-state index in [0.717, 1.165) is 19.4 Å². The zero-order valence-electron chi connectivity index (χ0n) is 19.7. The van der Waals surface area contributed by atoms with E-state index >= 15 is 0 Å². The van der Waals surface area contributed by atoms with Crippen molar-refractivity contribution in [3.8, 4) is 5.75 Å². The highest BCUT2D eigenvalue weighted by Gasteiger charge is 2.49. The van der Waals surface area contributed by atoms with Crippen LogP contribution in [0.15, 0.2) is 30.3 Å². The van der Waals surface area contributed by atoms with Crippen molar-refractivity contribution in [2.24, 2.45) is 5.92 Å². The van der Waals surface area contributed by atoms with Gasteiger partial charge in [-0.25, -0.2) is 0 Å². The number of aliphatic hydroxyl groups is 1. The minimum atomic E-state index is -1.70. The van der Waals surface area contributed by atoms with Crippen molar-refractivity contribution in [3.05, 3.63) is 30.3 Å². The van der Waals surface area contributed by atoms with Gasteiger partial charge in [0.25, 0.3) is 4.51 Å². The molecule has 0 amide bonds. The fourth-order valence-electron chi connectivity index (χ4n) is 3.41. The SMILES string of the molecule is CC[C@]1(CCO[Si](C)(C)C(C)(C)C)O[C@@H](C)[C@H](O)[C@H]1C.S=C(Cl)Oc1ccccc1. The van der Waals surface area contributed by atoms with Crippen LogP contribution in [0, 0.1) is 5.92 Å². The molecule has 1 fully saturated rings. The van der Waals surface area contributed by atoms with Crippen LogP contribution in [0.4, 0.5) is 0 Å². The second-order valence-corrected chi connectivity index (χ2v) is 15.3. The smallest absolute Gasteiger partial charge is 0.260 e. The Morgan fingerprint density at radius 2 is 1.80 bits per heavy atom. The van der Waals surface area contributed by atoms with Gasteiger partial charge in [0.15, 0.2) is 8.32 Å². The first-order chi connectivity index (χ1) is 13.8. The highest BCUT2D eigenvalue weighted by molar-refractivity contribution is 7.82. The molecule has 4 nitrogen and oxygen atoms in total. The van der Waals surface area contributed by atoms with Crippen molar-refractivity contribution in [1.29, 1.82) is 0 Å². The number of hydrogen-bond acceptors (Lipinski definition) is 5. The summed E-state index contributed by atoms with van der Waals surface area (Å²) in [6.07, 6.45) is 1.37. The molecule has 30 heavy (non-hydrogen) atoms. The van der Waals surface area contributed by atoms with Gasteiger partial charge in [0.05, 0.1) is 17.8 Å². The Morgan fingerprint density at radius 1 is 1.23 bits per heavy atom. The van der Waals surface area contributed by atoms with E-state index in [2.05, 4.69) is 59.9 Å². The molecule has 172 valence electrons. The van der Waals surface area contributed by atoms with Crippen LogP contribution in [0.2, 0.25) is 18.1 Å². The second kappa shape index (κ2) is 11.4. The summed E-state index contributed by atoms with van der Waals surface area (Å²) in [6, 6.07) is 9.17. The molecule has 0 saturated carbocycles. The van der Waals surface area contributed by atoms with Gasteiger partial charge in [0.2, 0.25) is 0 Å². The number of benzene rings is 1. The maximum absolute atomic E-state index is 10.2. The summed E-state index contributed by atoms with van der Waals surface area (Å²) in [5, 5.41) is 10.4. The van der Waals surface area contributed by atoms with Gasteiger partial charge in [-0.2, -0.15) is 0 Å². The Hall–Kier alpha value is -0.503. The van der Waals surface area contributed by atoms with Crippen LogP contribution in [0.3, 0.4) is 0 Å². The molecular formula is C23H39ClO4SSi. The van der Waals surface area contributed by atoms with E-state index in [1.807, 2.05) is 25.1 Å². The third-order valence-electron chi connectivity index (χ3n) is 6.58. The maximum atomic E-state index is 10.2. The normalized spacial score (nSPS) is 26.7. The number of para-hydroxylation sites is 1. The number of ether oxygens (including phenoxy) is 2. The summed E-state index contributed by atoms with van der Waals surface area (Å²) in [7, 11) is -1.70. The predicted octanol–water partition coefficient (Wildman–Crippen LogP) is 6.55. The average molecular weight is 475 g/mol. The molecule has 7 heteroatoms. The largest absolute Gasteiger partial charge is 0.436 e. The Labute approximate surface area is 194 Å². The predicted molar refractivity (Wildman–Crippen MR) is 132 cm³/mol. The minimum absolute atomic E-state index is 0.0196. The summed E-state index contributed by atoms with van der Waals surface area (Å²) in [5.41, 5.74) is -0.221. The number of halogens is 1. The highest BCUT2D eigenvalue weighted by atomic mass is 35.5. The molecule has 1 N–H and O–H groups in total. The fraction of sp³-hybridized carbons (Fsp3) is 0.696. The lowest BCUT2D eigenvalue weighted by Crippen LogP contribution is -2.43. The molecule has 1 aromatic rings. The van der Waals surface area contributed by atoms with E-state index in [4.69, 9.17) is 25.5 Å². The van der Waals surface area contributed by atoms with Crippen molar-refractivity contribution >= 4 is 36.6 Å². The zero-order chi connectivity index (χ0) is 23.2.